The lowest BCUT2D eigenvalue weighted by molar-refractivity contribution is -0.139. The van der Waals surface area contributed by atoms with E-state index < -0.39 is 0 Å². The van der Waals surface area contributed by atoms with Gasteiger partial charge in [-0.15, -0.1) is 0 Å². The molecule has 1 aromatic carbocycles. The first kappa shape index (κ1) is 20.1. The minimum Gasteiger partial charge on any atom is -0.360 e. The average Bonchev–Trinajstić information content (AvgIpc) is 3.20. The molecule has 0 unspecified atom stereocenters. The molecule has 1 aromatic heterocycles. The van der Waals surface area contributed by atoms with Crippen LogP contribution in [0.5, 0.6) is 0 Å². The SMILES string of the molecule is CC(C)c1cc(CN2CCC3(CCC(=O)N(CCc4ccccc4)C3)CC2)on1. The number of amides is 1. The summed E-state index contributed by atoms with van der Waals surface area (Å²) in [5, 5.41) is 4.18. The predicted molar refractivity (Wildman–Crippen MR) is 113 cm³/mol. The van der Waals surface area contributed by atoms with E-state index in [-0.39, 0.29) is 0 Å². The number of likely N-dealkylation sites (tertiary alicyclic amines) is 2. The number of benzene rings is 1. The maximum Gasteiger partial charge on any atom is 0.222 e. The maximum absolute atomic E-state index is 12.5. The predicted octanol–water partition coefficient (Wildman–Crippen LogP) is 4.25. The standard InChI is InChI=1S/C24H33N3O2/c1-19(2)22-16-21(29-25-22)17-26-14-11-24(12-15-26)10-8-23(28)27(18-24)13-9-20-6-4-3-5-7-20/h3-7,16,19H,8-15,17-18H2,1-2H3. The highest BCUT2D eigenvalue weighted by Crippen LogP contribution is 2.40. The van der Waals surface area contributed by atoms with Gasteiger partial charge in [-0.25, -0.2) is 0 Å². The van der Waals surface area contributed by atoms with Crippen LogP contribution < -0.4 is 0 Å². The van der Waals surface area contributed by atoms with Gasteiger partial charge < -0.3 is 9.42 Å². The first-order valence-electron chi connectivity index (χ1n) is 11.0. The van der Waals surface area contributed by atoms with Crippen LogP contribution in [0.25, 0.3) is 0 Å². The monoisotopic (exact) mass is 395 g/mol. The molecule has 1 amide bonds. The molecule has 4 rings (SSSR count). The molecule has 0 saturated carbocycles. The van der Waals surface area contributed by atoms with Crippen LogP contribution >= 0.6 is 0 Å². The third kappa shape index (κ3) is 4.89. The minimum absolute atomic E-state index is 0.297. The van der Waals surface area contributed by atoms with Crippen molar-refractivity contribution in [1.29, 1.82) is 0 Å². The Morgan fingerprint density at radius 1 is 1.14 bits per heavy atom. The second-order valence-corrected chi connectivity index (χ2v) is 9.20. The average molecular weight is 396 g/mol. The lowest BCUT2D eigenvalue weighted by Crippen LogP contribution is -2.51. The van der Waals surface area contributed by atoms with E-state index in [2.05, 4.69) is 59.1 Å². The fourth-order valence-electron chi connectivity index (χ4n) is 4.70. The van der Waals surface area contributed by atoms with Gasteiger partial charge in [-0.1, -0.05) is 49.3 Å². The van der Waals surface area contributed by atoms with Crippen molar-refractivity contribution in [1.82, 2.24) is 15.0 Å². The molecule has 29 heavy (non-hydrogen) atoms. The lowest BCUT2D eigenvalue weighted by atomic mass is 9.72. The van der Waals surface area contributed by atoms with Crippen molar-refractivity contribution in [3.63, 3.8) is 0 Å². The number of hydrogen-bond acceptors (Lipinski definition) is 4. The van der Waals surface area contributed by atoms with E-state index in [1.165, 1.54) is 5.56 Å². The largest absolute Gasteiger partial charge is 0.360 e. The number of piperidine rings is 2. The molecule has 0 N–H and O–H groups in total. The van der Waals surface area contributed by atoms with E-state index in [1.54, 1.807) is 0 Å². The van der Waals surface area contributed by atoms with Crippen molar-refractivity contribution in [2.24, 2.45) is 5.41 Å². The number of hydrogen-bond donors (Lipinski definition) is 0. The summed E-state index contributed by atoms with van der Waals surface area (Å²) in [5.74, 6) is 1.70. The van der Waals surface area contributed by atoms with Gasteiger partial charge in [0.1, 0.15) is 0 Å². The fraction of sp³-hybridized carbons (Fsp3) is 0.583. The zero-order valence-corrected chi connectivity index (χ0v) is 17.8. The first-order valence-corrected chi connectivity index (χ1v) is 11.0. The van der Waals surface area contributed by atoms with Crippen LogP contribution in [0.15, 0.2) is 40.9 Å². The molecule has 0 aliphatic carbocycles. The molecule has 5 heteroatoms. The van der Waals surface area contributed by atoms with Crippen molar-refractivity contribution in [2.75, 3.05) is 26.2 Å². The topological polar surface area (TPSA) is 49.6 Å². The molecule has 0 radical (unpaired) electrons. The number of nitrogens with zero attached hydrogens (tertiary/aromatic N) is 3. The molecule has 3 heterocycles. The molecule has 5 nitrogen and oxygen atoms in total. The quantitative estimate of drug-likeness (QED) is 0.734. The molecule has 0 bridgehead atoms. The summed E-state index contributed by atoms with van der Waals surface area (Å²) in [6.45, 7) is 9.01. The number of carbonyl (C=O) groups excluding carboxylic acids is 1. The van der Waals surface area contributed by atoms with Crippen molar-refractivity contribution in [3.05, 3.63) is 53.4 Å². The number of aromatic nitrogens is 1. The van der Waals surface area contributed by atoms with Crippen molar-refractivity contribution in [2.45, 2.75) is 58.4 Å². The summed E-state index contributed by atoms with van der Waals surface area (Å²) in [4.78, 5) is 17.1. The molecule has 1 spiro atoms. The zero-order valence-electron chi connectivity index (χ0n) is 17.8. The van der Waals surface area contributed by atoms with Crippen molar-refractivity contribution >= 4 is 5.91 Å². The number of carbonyl (C=O) groups is 1. The highest BCUT2D eigenvalue weighted by atomic mass is 16.5. The molecule has 2 aromatic rings. The van der Waals surface area contributed by atoms with Gasteiger partial charge in [-0.2, -0.15) is 0 Å². The highest BCUT2D eigenvalue weighted by Gasteiger charge is 2.40. The Bertz CT molecular complexity index is 807. The Morgan fingerprint density at radius 2 is 1.90 bits per heavy atom. The zero-order chi connectivity index (χ0) is 20.3. The van der Waals surface area contributed by atoms with E-state index in [0.717, 1.165) is 69.9 Å². The van der Waals surface area contributed by atoms with Gasteiger partial charge in [0.15, 0.2) is 5.76 Å². The van der Waals surface area contributed by atoms with E-state index in [0.29, 0.717) is 23.7 Å². The van der Waals surface area contributed by atoms with Gasteiger partial charge in [0, 0.05) is 25.6 Å². The Hall–Kier alpha value is -2.14. The molecule has 2 aliphatic heterocycles. The Labute approximate surface area is 174 Å². The van der Waals surface area contributed by atoms with E-state index in [9.17, 15) is 4.79 Å². The van der Waals surface area contributed by atoms with E-state index >= 15 is 0 Å². The second kappa shape index (κ2) is 8.70. The molecule has 0 atom stereocenters. The third-order valence-corrected chi connectivity index (χ3v) is 6.73. The summed E-state index contributed by atoms with van der Waals surface area (Å²) in [6.07, 6.45) is 5.01. The van der Waals surface area contributed by atoms with Gasteiger partial charge in [0.25, 0.3) is 0 Å². The Kier molecular flexibility index (Phi) is 6.04. The highest BCUT2D eigenvalue weighted by molar-refractivity contribution is 5.77. The molecule has 2 fully saturated rings. The van der Waals surface area contributed by atoms with Gasteiger partial charge in [-0.05, 0) is 55.7 Å². The lowest BCUT2D eigenvalue weighted by Gasteiger charge is -2.47. The van der Waals surface area contributed by atoms with Crippen LogP contribution in [0.2, 0.25) is 0 Å². The van der Waals surface area contributed by atoms with Crippen LogP contribution in [-0.2, 0) is 17.8 Å². The van der Waals surface area contributed by atoms with Gasteiger partial charge >= 0.3 is 0 Å². The second-order valence-electron chi connectivity index (χ2n) is 9.20. The molecular formula is C24H33N3O2. The summed E-state index contributed by atoms with van der Waals surface area (Å²) < 4.78 is 5.53. The molecular weight excluding hydrogens is 362 g/mol. The van der Waals surface area contributed by atoms with E-state index in [4.69, 9.17) is 4.52 Å². The minimum atomic E-state index is 0.297. The van der Waals surface area contributed by atoms with Crippen LogP contribution in [-0.4, -0.2) is 47.0 Å². The van der Waals surface area contributed by atoms with Crippen molar-refractivity contribution < 1.29 is 9.32 Å². The molecule has 2 saturated heterocycles. The molecule has 156 valence electrons. The van der Waals surface area contributed by atoms with Crippen LogP contribution in [0.4, 0.5) is 0 Å². The van der Waals surface area contributed by atoms with Crippen LogP contribution in [0.3, 0.4) is 0 Å². The molecule has 2 aliphatic rings. The van der Waals surface area contributed by atoms with Crippen LogP contribution in [0.1, 0.15) is 62.5 Å². The van der Waals surface area contributed by atoms with Gasteiger partial charge in [0.05, 0.1) is 12.2 Å². The maximum atomic E-state index is 12.5. The summed E-state index contributed by atoms with van der Waals surface area (Å²) in [7, 11) is 0. The Balaban J connectivity index is 1.30. The Morgan fingerprint density at radius 3 is 2.59 bits per heavy atom. The van der Waals surface area contributed by atoms with Gasteiger partial charge in [-0.3, -0.25) is 9.69 Å². The summed E-state index contributed by atoms with van der Waals surface area (Å²) >= 11 is 0. The van der Waals surface area contributed by atoms with Crippen molar-refractivity contribution in [3.8, 4) is 0 Å². The smallest absolute Gasteiger partial charge is 0.222 e. The third-order valence-electron chi connectivity index (χ3n) is 6.73. The van der Waals surface area contributed by atoms with Gasteiger partial charge in [0.2, 0.25) is 5.91 Å². The normalized spacial score (nSPS) is 20.0. The summed E-state index contributed by atoms with van der Waals surface area (Å²) in [5.41, 5.74) is 2.64. The first-order chi connectivity index (χ1) is 14.0. The fourth-order valence-corrected chi connectivity index (χ4v) is 4.70. The summed E-state index contributed by atoms with van der Waals surface area (Å²) in [6, 6.07) is 12.6. The van der Waals surface area contributed by atoms with E-state index in [1.807, 2.05) is 6.07 Å². The number of rotatable bonds is 6. The van der Waals surface area contributed by atoms with Crippen LogP contribution in [0, 0.1) is 5.41 Å².